The fourth-order valence-electron chi connectivity index (χ4n) is 1.11. The van der Waals surface area contributed by atoms with Gasteiger partial charge in [-0.3, -0.25) is 0 Å². The van der Waals surface area contributed by atoms with Crippen molar-refractivity contribution in [3.8, 4) is 0 Å². The van der Waals surface area contributed by atoms with Gasteiger partial charge >= 0.3 is 8.97 Å². The minimum absolute atomic E-state index is 0.743. The fraction of sp³-hybridized carbons (Fsp3) is 0.875. The Kier molecular flexibility index (Phi) is 5.80. The van der Waals surface area contributed by atoms with Crippen molar-refractivity contribution in [2.45, 2.75) is 0 Å². The molecule has 0 aromatic rings. The van der Waals surface area contributed by atoms with Gasteiger partial charge in [0.25, 0.3) is 0 Å². The number of hydrogen-bond donors (Lipinski definition) is 0. The molecule has 0 rings (SSSR count). The third-order valence-electron chi connectivity index (χ3n) is 1.81. The molecule has 7 heteroatoms. The lowest BCUT2D eigenvalue weighted by Crippen LogP contribution is -2.46. The lowest BCUT2D eigenvalue weighted by molar-refractivity contribution is 0.125. The third-order valence-corrected chi connectivity index (χ3v) is 3.83. The van der Waals surface area contributed by atoms with Crippen molar-refractivity contribution in [1.82, 2.24) is 9.80 Å². The normalized spacial score (nSPS) is 11.1. The molecular weight excluding hydrogens is 214 g/mol. The molecule has 0 aromatic carbocycles. The summed E-state index contributed by atoms with van der Waals surface area (Å²) in [5, 5.41) is 0. The van der Waals surface area contributed by atoms with Gasteiger partial charge in [-0.1, -0.05) is 0 Å². The Hall–Kier alpha value is -0.633. The van der Waals surface area contributed by atoms with E-state index >= 15 is 0 Å². The topological polar surface area (TPSA) is 46.5 Å². The standard InChI is InChI=1S/C8H21N3O3Si/c1-10(2)8(11(3)4)9-15(12-5,13-6)14-7/h1-7H3. The molecule has 0 amide bonds. The first-order valence-corrected chi connectivity index (χ1v) is 6.19. The average molecular weight is 235 g/mol. The van der Waals surface area contributed by atoms with Crippen LogP contribution < -0.4 is 0 Å². The van der Waals surface area contributed by atoms with Crippen LogP contribution in [0.5, 0.6) is 0 Å². The minimum atomic E-state index is -2.90. The van der Waals surface area contributed by atoms with Crippen LogP contribution in [0.2, 0.25) is 0 Å². The van der Waals surface area contributed by atoms with E-state index in [1.807, 2.05) is 38.0 Å². The summed E-state index contributed by atoms with van der Waals surface area (Å²) in [6.07, 6.45) is 0. The predicted octanol–water partition coefficient (Wildman–Crippen LogP) is -0.160. The molecule has 0 radical (unpaired) electrons. The molecule has 0 unspecified atom stereocenters. The second-order valence-corrected chi connectivity index (χ2v) is 5.83. The Morgan fingerprint density at radius 1 is 0.867 bits per heavy atom. The molecule has 0 aromatic heterocycles. The fourth-order valence-corrected chi connectivity index (χ4v) is 2.53. The van der Waals surface area contributed by atoms with E-state index in [9.17, 15) is 0 Å². The summed E-state index contributed by atoms with van der Waals surface area (Å²) in [5.74, 6) is 0.743. The zero-order chi connectivity index (χ0) is 12.1. The zero-order valence-electron chi connectivity index (χ0n) is 10.6. The monoisotopic (exact) mass is 235 g/mol. The van der Waals surface area contributed by atoms with Gasteiger partial charge in [0.05, 0.1) is 0 Å². The van der Waals surface area contributed by atoms with Crippen LogP contribution in [-0.2, 0) is 13.3 Å². The van der Waals surface area contributed by atoms with Crippen LogP contribution in [0.25, 0.3) is 0 Å². The first-order valence-electron chi connectivity index (χ1n) is 4.52. The Balaban J connectivity index is 5.06. The Labute approximate surface area is 92.9 Å². The molecule has 0 saturated heterocycles. The predicted molar refractivity (Wildman–Crippen MR) is 61.6 cm³/mol. The quantitative estimate of drug-likeness (QED) is 0.385. The van der Waals surface area contributed by atoms with Crippen molar-refractivity contribution in [1.29, 1.82) is 0 Å². The number of hydrogen-bond acceptors (Lipinski definition) is 4. The van der Waals surface area contributed by atoms with Crippen LogP contribution in [0.4, 0.5) is 0 Å². The van der Waals surface area contributed by atoms with Gasteiger partial charge in [-0.15, -0.1) is 0 Å². The van der Waals surface area contributed by atoms with Gasteiger partial charge in [0.1, 0.15) is 0 Å². The Morgan fingerprint density at radius 2 is 1.20 bits per heavy atom. The molecule has 0 fully saturated rings. The van der Waals surface area contributed by atoms with E-state index in [4.69, 9.17) is 13.3 Å². The summed E-state index contributed by atoms with van der Waals surface area (Å²) < 4.78 is 20.1. The minimum Gasteiger partial charge on any atom is -0.359 e. The van der Waals surface area contributed by atoms with E-state index < -0.39 is 8.97 Å². The first kappa shape index (κ1) is 14.4. The summed E-state index contributed by atoms with van der Waals surface area (Å²) >= 11 is 0. The summed E-state index contributed by atoms with van der Waals surface area (Å²) in [7, 11) is 9.31. The molecule has 0 aliphatic carbocycles. The molecular formula is C8H21N3O3Si. The third kappa shape index (κ3) is 3.78. The van der Waals surface area contributed by atoms with Gasteiger partial charge in [-0.2, -0.15) is 0 Å². The molecule has 0 spiro atoms. The van der Waals surface area contributed by atoms with E-state index in [0.717, 1.165) is 5.96 Å². The molecule has 0 heterocycles. The van der Waals surface area contributed by atoms with Crippen LogP contribution in [-0.4, -0.2) is 74.2 Å². The molecule has 6 nitrogen and oxygen atoms in total. The van der Waals surface area contributed by atoms with Gasteiger partial charge in [-0.05, 0) is 0 Å². The van der Waals surface area contributed by atoms with E-state index in [0.29, 0.717) is 0 Å². The average Bonchev–Trinajstić information content (AvgIpc) is 2.20. The van der Waals surface area contributed by atoms with E-state index in [1.165, 1.54) is 21.3 Å². The highest BCUT2D eigenvalue weighted by molar-refractivity contribution is 6.60. The molecule has 0 N–H and O–H groups in total. The lowest BCUT2D eigenvalue weighted by Gasteiger charge is -2.27. The van der Waals surface area contributed by atoms with Gasteiger partial charge in [-0.25, -0.2) is 4.66 Å². The SMILES string of the molecule is CO[Si](N=C(N(C)C)N(C)C)(OC)OC. The van der Waals surface area contributed by atoms with Gasteiger partial charge in [0.15, 0.2) is 5.96 Å². The molecule has 0 aliphatic heterocycles. The van der Waals surface area contributed by atoms with Crippen LogP contribution >= 0.6 is 0 Å². The van der Waals surface area contributed by atoms with Crippen molar-refractivity contribution in [3.05, 3.63) is 0 Å². The lowest BCUT2D eigenvalue weighted by atomic mass is 10.7. The number of nitrogens with zero attached hydrogens (tertiary/aromatic N) is 3. The van der Waals surface area contributed by atoms with E-state index in [-0.39, 0.29) is 0 Å². The number of rotatable bonds is 4. The maximum Gasteiger partial charge on any atom is 0.654 e. The van der Waals surface area contributed by atoms with E-state index in [2.05, 4.69) is 4.66 Å². The Morgan fingerprint density at radius 3 is 1.40 bits per heavy atom. The molecule has 0 aliphatic rings. The van der Waals surface area contributed by atoms with Crippen molar-refractivity contribution in [2.75, 3.05) is 49.5 Å². The highest BCUT2D eigenvalue weighted by Gasteiger charge is 2.40. The highest BCUT2D eigenvalue weighted by atomic mass is 28.4. The molecule has 90 valence electrons. The van der Waals surface area contributed by atoms with Crippen molar-refractivity contribution in [3.63, 3.8) is 0 Å². The second-order valence-electron chi connectivity index (χ2n) is 3.34. The van der Waals surface area contributed by atoms with Crippen molar-refractivity contribution in [2.24, 2.45) is 4.66 Å². The van der Waals surface area contributed by atoms with Gasteiger partial charge in [0, 0.05) is 49.5 Å². The summed E-state index contributed by atoms with van der Waals surface area (Å²) in [4.78, 5) is 3.75. The molecule has 0 saturated carbocycles. The summed E-state index contributed by atoms with van der Waals surface area (Å²) in [6.45, 7) is 0. The zero-order valence-corrected chi connectivity index (χ0v) is 11.6. The maximum atomic E-state index is 5.22. The van der Waals surface area contributed by atoms with Gasteiger partial charge in [0.2, 0.25) is 0 Å². The van der Waals surface area contributed by atoms with Gasteiger partial charge < -0.3 is 23.1 Å². The molecule has 15 heavy (non-hydrogen) atoms. The Bertz CT molecular complexity index is 199. The van der Waals surface area contributed by atoms with Crippen molar-refractivity contribution < 1.29 is 13.3 Å². The first-order chi connectivity index (χ1) is 6.92. The van der Waals surface area contributed by atoms with Crippen LogP contribution in [0.1, 0.15) is 0 Å². The highest BCUT2D eigenvalue weighted by Crippen LogP contribution is 2.09. The summed E-state index contributed by atoms with van der Waals surface area (Å²) in [5.41, 5.74) is 0. The molecule has 0 atom stereocenters. The molecule has 0 bridgehead atoms. The van der Waals surface area contributed by atoms with Crippen molar-refractivity contribution >= 4 is 14.9 Å². The largest absolute Gasteiger partial charge is 0.654 e. The second kappa shape index (κ2) is 6.06. The maximum absolute atomic E-state index is 5.22. The number of guanidine groups is 1. The van der Waals surface area contributed by atoms with Crippen LogP contribution in [0.15, 0.2) is 4.66 Å². The van der Waals surface area contributed by atoms with Crippen LogP contribution in [0.3, 0.4) is 0 Å². The van der Waals surface area contributed by atoms with Crippen LogP contribution in [0, 0.1) is 0 Å². The summed E-state index contributed by atoms with van der Waals surface area (Å²) in [6, 6.07) is 0. The smallest absolute Gasteiger partial charge is 0.359 e. The van der Waals surface area contributed by atoms with E-state index in [1.54, 1.807) is 0 Å².